The number of rotatable bonds is 7. The quantitative estimate of drug-likeness (QED) is 0.331. The molecule has 26 heavy (non-hydrogen) atoms. The SMILES string of the molecule is COCC(C)(C)C#CC1=C(C=O)N(CCOc2ccc(Cl)cc2)C(Cl)N1. The van der Waals surface area contributed by atoms with Crippen LogP contribution in [0.1, 0.15) is 13.8 Å². The van der Waals surface area contributed by atoms with E-state index in [4.69, 9.17) is 32.7 Å². The molecule has 0 bridgehead atoms. The number of halogens is 2. The van der Waals surface area contributed by atoms with Crippen molar-refractivity contribution in [3.8, 4) is 17.6 Å². The minimum atomic E-state index is -0.557. The van der Waals surface area contributed by atoms with E-state index in [0.717, 1.165) is 6.29 Å². The molecule has 1 unspecified atom stereocenters. The van der Waals surface area contributed by atoms with Crippen LogP contribution < -0.4 is 10.1 Å². The first-order valence-corrected chi connectivity index (χ1v) is 8.95. The van der Waals surface area contributed by atoms with E-state index in [1.54, 1.807) is 36.3 Å². The third-order valence-electron chi connectivity index (χ3n) is 3.66. The number of carbonyl (C=O) groups is 1. The summed E-state index contributed by atoms with van der Waals surface area (Å²) in [7, 11) is 1.63. The van der Waals surface area contributed by atoms with Crippen LogP contribution in [0.25, 0.3) is 0 Å². The molecule has 1 aliphatic heterocycles. The fraction of sp³-hybridized carbons (Fsp3) is 0.421. The highest BCUT2D eigenvalue weighted by atomic mass is 35.5. The van der Waals surface area contributed by atoms with Gasteiger partial charge < -0.3 is 19.7 Å². The van der Waals surface area contributed by atoms with Crippen molar-refractivity contribution in [2.75, 3.05) is 26.9 Å². The smallest absolute Gasteiger partial charge is 0.178 e. The van der Waals surface area contributed by atoms with Crippen LogP contribution in [0.15, 0.2) is 35.7 Å². The molecule has 1 aromatic carbocycles. The van der Waals surface area contributed by atoms with E-state index in [2.05, 4.69) is 17.2 Å². The number of ether oxygens (including phenoxy) is 2. The number of aldehydes is 1. The number of nitrogens with one attached hydrogen (secondary N) is 1. The van der Waals surface area contributed by atoms with Crippen LogP contribution in [0.4, 0.5) is 0 Å². The van der Waals surface area contributed by atoms with Crippen molar-refractivity contribution in [2.45, 2.75) is 19.5 Å². The third-order valence-corrected chi connectivity index (χ3v) is 4.26. The van der Waals surface area contributed by atoms with E-state index in [1.165, 1.54) is 0 Å². The highest BCUT2D eigenvalue weighted by Crippen LogP contribution is 2.22. The number of hydrogen-bond donors (Lipinski definition) is 1. The van der Waals surface area contributed by atoms with Crippen LogP contribution >= 0.6 is 23.2 Å². The zero-order valence-electron chi connectivity index (χ0n) is 15.0. The molecule has 0 amide bonds. The lowest BCUT2D eigenvalue weighted by Crippen LogP contribution is -2.35. The number of alkyl halides is 1. The van der Waals surface area contributed by atoms with E-state index in [9.17, 15) is 4.79 Å². The predicted molar refractivity (Wildman–Crippen MR) is 103 cm³/mol. The lowest BCUT2D eigenvalue weighted by Gasteiger charge is -2.22. The van der Waals surface area contributed by atoms with E-state index in [1.807, 2.05) is 13.8 Å². The van der Waals surface area contributed by atoms with E-state index in [-0.39, 0.29) is 5.41 Å². The minimum absolute atomic E-state index is 0.329. The van der Waals surface area contributed by atoms with Crippen molar-refractivity contribution in [1.82, 2.24) is 10.2 Å². The van der Waals surface area contributed by atoms with Crippen molar-refractivity contribution in [3.05, 3.63) is 40.7 Å². The highest BCUT2D eigenvalue weighted by molar-refractivity contribution is 6.30. The molecule has 1 atom stereocenters. The topological polar surface area (TPSA) is 50.8 Å². The van der Waals surface area contributed by atoms with Crippen LogP contribution in [-0.4, -0.2) is 43.7 Å². The van der Waals surface area contributed by atoms with E-state index in [0.29, 0.717) is 41.9 Å². The van der Waals surface area contributed by atoms with Gasteiger partial charge in [0.05, 0.1) is 13.2 Å². The van der Waals surface area contributed by atoms with Gasteiger partial charge in [-0.3, -0.25) is 4.79 Å². The summed E-state index contributed by atoms with van der Waals surface area (Å²) >= 11 is 12.2. The van der Waals surface area contributed by atoms with Crippen LogP contribution in [0, 0.1) is 17.3 Å². The van der Waals surface area contributed by atoms with Crippen LogP contribution in [0.3, 0.4) is 0 Å². The van der Waals surface area contributed by atoms with Gasteiger partial charge >= 0.3 is 0 Å². The number of benzene rings is 1. The average molecular weight is 397 g/mol. The molecule has 7 heteroatoms. The maximum Gasteiger partial charge on any atom is 0.178 e. The van der Waals surface area contributed by atoms with Crippen molar-refractivity contribution in [1.29, 1.82) is 0 Å². The second-order valence-electron chi connectivity index (χ2n) is 6.42. The molecule has 0 spiro atoms. The van der Waals surface area contributed by atoms with Crippen LogP contribution in [0.5, 0.6) is 5.75 Å². The largest absolute Gasteiger partial charge is 0.492 e. The zero-order valence-corrected chi connectivity index (χ0v) is 16.5. The van der Waals surface area contributed by atoms with Crippen LogP contribution in [-0.2, 0) is 9.53 Å². The van der Waals surface area contributed by atoms with Gasteiger partial charge in [0.25, 0.3) is 0 Å². The summed E-state index contributed by atoms with van der Waals surface area (Å²) in [5.74, 6) is 6.82. The molecule has 1 aliphatic rings. The summed E-state index contributed by atoms with van der Waals surface area (Å²) in [6, 6.07) is 7.08. The van der Waals surface area contributed by atoms with Gasteiger partial charge in [0.2, 0.25) is 0 Å². The Morgan fingerprint density at radius 2 is 2.04 bits per heavy atom. The molecule has 0 aliphatic carbocycles. The molecule has 0 saturated carbocycles. The van der Waals surface area contributed by atoms with Gasteiger partial charge in [-0.15, -0.1) is 0 Å². The average Bonchev–Trinajstić information content (AvgIpc) is 2.90. The predicted octanol–water partition coefficient (Wildman–Crippen LogP) is 3.23. The zero-order chi connectivity index (χ0) is 19.2. The molecule has 1 heterocycles. The Morgan fingerprint density at radius 1 is 1.35 bits per heavy atom. The summed E-state index contributed by atoms with van der Waals surface area (Å²) in [6.45, 7) is 5.22. The first-order chi connectivity index (χ1) is 12.4. The molecular weight excluding hydrogens is 375 g/mol. The monoisotopic (exact) mass is 396 g/mol. The first-order valence-electron chi connectivity index (χ1n) is 8.13. The Hall–Kier alpha value is -1.87. The van der Waals surface area contributed by atoms with Crippen molar-refractivity contribution in [3.63, 3.8) is 0 Å². The maximum absolute atomic E-state index is 11.5. The molecule has 5 nitrogen and oxygen atoms in total. The van der Waals surface area contributed by atoms with Gasteiger partial charge in [-0.25, -0.2) is 0 Å². The molecule has 2 rings (SSSR count). The van der Waals surface area contributed by atoms with Gasteiger partial charge in [-0.1, -0.05) is 29.1 Å². The van der Waals surface area contributed by atoms with Crippen molar-refractivity contribution in [2.24, 2.45) is 5.41 Å². The second-order valence-corrected chi connectivity index (χ2v) is 7.27. The Bertz CT molecular complexity index is 721. The highest BCUT2D eigenvalue weighted by Gasteiger charge is 2.29. The Balaban J connectivity index is 2.03. The lowest BCUT2D eigenvalue weighted by atomic mass is 9.96. The van der Waals surface area contributed by atoms with Crippen molar-refractivity contribution < 1.29 is 14.3 Å². The van der Waals surface area contributed by atoms with Crippen molar-refractivity contribution >= 4 is 29.5 Å². The lowest BCUT2D eigenvalue weighted by molar-refractivity contribution is -0.106. The van der Waals surface area contributed by atoms with Gasteiger partial charge in [0.1, 0.15) is 23.8 Å². The normalized spacial score (nSPS) is 16.8. The summed E-state index contributed by atoms with van der Waals surface area (Å²) in [4.78, 5) is 13.3. The third kappa shape index (κ3) is 5.57. The molecule has 0 fully saturated rings. The van der Waals surface area contributed by atoms with Gasteiger partial charge in [0, 0.05) is 17.5 Å². The van der Waals surface area contributed by atoms with E-state index < -0.39 is 5.62 Å². The van der Waals surface area contributed by atoms with Gasteiger partial charge in [-0.2, -0.15) is 0 Å². The fourth-order valence-electron chi connectivity index (χ4n) is 2.42. The van der Waals surface area contributed by atoms with Gasteiger partial charge in [0.15, 0.2) is 11.9 Å². The summed E-state index contributed by atoms with van der Waals surface area (Å²) in [5, 5.41) is 3.67. The molecule has 1 N–H and O–H groups in total. The minimum Gasteiger partial charge on any atom is -0.492 e. The molecular formula is C19H22Cl2N2O3. The Labute approximate surface area is 164 Å². The molecule has 1 aromatic rings. The fourth-order valence-corrected chi connectivity index (χ4v) is 2.86. The Kier molecular flexibility index (Phi) is 7.22. The van der Waals surface area contributed by atoms with Gasteiger partial charge in [-0.05, 0) is 44.0 Å². The first kappa shape index (κ1) is 20.4. The number of nitrogens with zero attached hydrogens (tertiary/aromatic N) is 1. The molecule has 0 aromatic heterocycles. The number of carbonyl (C=O) groups excluding carboxylic acids is 1. The summed E-state index contributed by atoms with van der Waals surface area (Å²) < 4.78 is 10.8. The second kappa shape index (κ2) is 9.18. The number of hydrogen-bond acceptors (Lipinski definition) is 5. The van der Waals surface area contributed by atoms with E-state index >= 15 is 0 Å². The number of methoxy groups -OCH3 is 1. The molecule has 0 saturated heterocycles. The molecule has 140 valence electrons. The summed E-state index contributed by atoms with van der Waals surface area (Å²) in [5.41, 5.74) is 0.0459. The number of allylic oxidation sites excluding steroid dienone is 2. The Morgan fingerprint density at radius 3 is 2.65 bits per heavy atom. The maximum atomic E-state index is 11.5. The standard InChI is InChI=1S/C19H22Cl2N2O3/c1-19(2,13-25-3)9-8-16-17(12-24)23(18(21)22-16)10-11-26-15-6-4-14(20)5-7-15/h4-7,12,18,22H,10-11,13H2,1-3H3. The summed E-state index contributed by atoms with van der Waals surface area (Å²) in [6.07, 6.45) is 0.755. The molecule has 0 radical (unpaired) electrons. The van der Waals surface area contributed by atoms with Crippen LogP contribution in [0.2, 0.25) is 5.02 Å².